The minimum atomic E-state index is 0.182. The van der Waals surface area contributed by atoms with E-state index in [4.69, 9.17) is 0 Å². The lowest BCUT2D eigenvalue weighted by atomic mass is 10.0. The molecule has 92 valence electrons. The molecule has 0 saturated heterocycles. The van der Waals surface area contributed by atoms with Crippen LogP contribution in [0.1, 0.15) is 30.1 Å². The van der Waals surface area contributed by atoms with Crippen LogP contribution in [-0.4, -0.2) is 0 Å². The number of hydrogen-bond acceptors (Lipinski definition) is 1. The molecular formula is C17H19N. The first kappa shape index (κ1) is 12.6. The second-order valence-electron chi connectivity index (χ2n) is 4.42. The van der Waals surface area contributed by atoms with Gasteiger partial charge in [0.15, 0.2) is 0 Å². The number of nitrogens with one attached hydrogen (secondary N) is 1. The van der Waals surface area contributed by atoms with Crippen molar-refractivity contribution in [2.24, 2.45) is 0 Å². The summed E-state index contributed by atoms with van der Waals surface area (Å²) in [7, 11) is 0. The molecule has 2 aromatic rings. The standard InChI is InChI=1S/C17H19N/c1-3-17(16-12-8-5-9-13-16)18-14(2)15-10-6-4-7-11-15/h3-14,17-18H,1H2,2H3/t14-,17+/m1/s1. The lowest BCUT2D eigenvalue weighted by Gasteiger charge is -2.21. The topological polar surface area (TPSA) is 12.0 Å². The summed E-state index contributed by atoms with van der Waals surface area (Å²) in [6, 6.07) is 21.3. The molecule has 0 aromatic heterocycles. The van der Waals surface area contributed by atoms with E-state index < -0.39 is 0 Å². The van der Waals surface area contributed by atoms with Gasteiger partial charge in [-0.05, 0) is 18.1 Å². The second kappa shape index (κ2) is 6.18. The highest BCUT2D eigenvalue weighted by molar-refractivity contribution is 5.24. The van der Waals surface area contributed by atoms with Gasteiger partial charge < -0.3 is 5.32 Å². The zero-order chi connectivity index (χ0) is 12.8. The predicted octanol–water partition coefficient (Wildman–Crippen LogP) is 4.26. The molecule has 0 aliphatic carbocycles. The monoisotopic (exact) mass is 237 g/mol. The average Bonchev–Trinajstić information content (AvgIpc) is 2.46. The van der Waals surface area contributed by atoms with Gasteiger partial charge in [-0.1, -0.05) is 66.7 Å². The molecule has 1 heteroatoms. The fourth-order valence-electron chi connectivity index (χ4n) is 2.07. The Morgan fingerprint density at radius 1 is 0.889 bits per heavy atom. The van der Waals surface area contributed by atoms with E-state index >= 15 is 0 Å². The highest BCUT2D eigenvalue weighted by Crippen LogP contribution is 2.19. The van der Waals surface area contributed by atoms with Crippen molar-refractivity contribution in [3.63, 3.8) is 0 Å². The van der Waals surface area contributed by atoms with Crippen molar-refractivity contribution in [1.82, 2.24) is 5.32 Å². The molecule has 2 rings (SSSR count). The molecule has 0 spiro atoms. The highest BCUT2D eigenvalue weighted by atomic mass is 14.9. The van der Waals surface area contributed by atoms with Crippen LogP contribution >= 0.6 is 0 Å². The molecule has 0 fully saturated rings. The second-order valence-corrected chi connectivity index (χ2v) is 4.42. The molecule has 1 N–H and O–H groups in total. The first-order valence-corrected chi connectivity index (χ1v) is 6.29. The molecule has 0 aliphatic rings. The van der Waals surface area contributed by atoms with Gasteiger partial charge in [0.25, 0.3) is 0 Å². The smallest absolute Gasteiger partial charge is 0.0508 e. The van der Waals surface area contributed by atoms with Gasteiger partial charge in [0.1, 0.15) is 0 Å². The normalized spacial score (nSPS) is 13.8. The van der Waals surface area contributed by atoms with Gasteiger partial charge in [0, 0.05) is 6.04 Å². The summed E-state index contributed by atoms with van der Waals surface area (Å²) in [6.07, 6.45) is 1.95. The van der Waals surface area contributed by atoms with Crippen LogP contribution in [0.25, 0.3) is 0 Å². The van der Waals surface area contributed by atoms with Crippen LogP contribution in [0.5, 0.6) is 0 Å². The summed E-state index contributed by atoms with van der Waals surface area (Å²) in [5.41, 5.74) is 2.54. The van der Waals surface area contributed by atoms with Gasteiger partial charge in [-0.15, -0.1) is 6.58 Å². The maximum absolute atomic E-state index is 3.92. The fourth-order valence-corrected chi connectivity index (χ4v) is 2.07. The molecule has 0 saturated carbocycles. The summed E-state index contributed by atoms with van der Waals surface area (Å²) in [6.45, 7) is 6.10. The van der Waals surface area contributed by atoms with Gasteiger partial charge in [-0.3, -0.25) is 0 Å². The highest BCUT2D eigenvalue weighted by Gasteiger charge is 2.11. The molecule has 0 radical (unpaired) electrons. The van der Waals surface area contributed by atoms with Crippen LogP contribution in [0.2, 0.25) is 0 Å². The lowest BCUT2D eigenvalue weighted by Crippen LogP contribution is -2.23. The van der Waals surface area contributed by atoms with Crippen molar-refractivity contribution < 1.29 is 0 Å². The molecule has 0 heterocycles. The molecule has 0 bridgehead atoms. The Kier molecular flexibility index (Phi) is 4.32. The van der Waals surface area contributed by atoms with E-state index in [0.717, 1.165) is 0 Å². The molecule has 18 heavy (non-hydrogen) atoms. The summed E-state index contributed by atoms with van der Waals surface area (Å²) in [5.74, 6) is 0. The summed E-state index contributed by atoms with van der Waals surface area (Å²) < 4.78 is 0. The van der Waals surface area contributed by atoms with Crippen LogP contribution in [-0.2, 0) is 0 Å². The van der Waals surface area contributed by atoms with E-state index in [1.54, 1.807) is 0 Å². The van der Waals surface area contributed by atoms with Crippen molar-refractivity contribution in [2.75, 3.05) is 0 Å². The van der Waals surface area contributed by atoms with E-state index in [1.165, 1.54) is 11.1 Å². The molecule has 2 atom stereocenters. The van der Waals surface area contributed by atoms with Crippen molar-refractivity contribution >= 4 is 0 Å². The Balaban J connectivity index is 2.10. The Morgan fingerprint density at radius 3 is 1.89 bits per heavy atom. The Labute approximate surface area is 109 Å². The van der Waals surface area contributed by atoms with E-state index in [0.29, 0.717) is 6.04 Å². The molecular weight excluding hydrogens is 218 g/mol. The molecule has 1 nitrogen and oxygen atoms in total. The minimum absolute atomic E-state index is 0.182. The molecule has 0 amide bonds. The molecule has 0 aliphatic heterocycles. The quantitative estimate of drug-likeness (QED) is 0.766. The number of hydrogen-bond donors (Lipinski definition) is 1. The lowest BCUT2D eigenvalue weighted by molar-refractivity contribution is 0.527. The molecule has 0 unspecified atom stereocenters. The number of benzene rings is 2. The van der Waals surface area contributed by atoms with Crippen LogP contribution in [0.4, 0.5) is 0 Å². The van der Waals surface area contributed by atoms with Gasteiger partial charge in [-0.2, -0.15) is 0 Å². The first-order valence-electron chi connectivity index (χ1n) is 6.29. The summed E-state index contributed by atoms with van der Waals surface area (Å²) >= 11 is 0. The third-order valence-electron chi connectivity index (χ3n) is 3.12. The largest absolute Gasteiger partial charge is 0.300 e. The van der Waals surface area contributed by atoms with Gasteiger partial charge >= 0.3 is 0 Å². The van der Waals surface area contributed by atoms with E-state index in [1.807, 2.05) is 18.2 Å². The summed E-state index contributed by atoms with van der Waals surface area (Å²) in [4.78, 5) is 0. The summed E-state index contributed by atoms with van der Waals surface area (Å²) in [5, 5.41) is 3.58. The Morgan fingerprint density at radius 2 is 1.39 bits per heavy atom. The van der Waals surface area contributed by atoms with E-state index in [-0.39, 0.29) is 6.04 Å². The SMILES string of the molecule is C=C[C@H](N[C@H](C)c1ccccc1)c1ccccc1. The van der Waals surface area contributed by atoms with Crippen molar-refractivity contribution in [2.45, 2.75) is 19.0 Å². The van der Waals surface area contributed by atoms with Gasteiger partial charge in [-0.25, -0.2) is 0 Å². The predicted molar refractivity (Wildman–Crippen MR) is 77.4 cm³/mol. The Hall–Kier alpha value is -1.86. The van der Waals surface area contributed by atoms with Crippen LogP contribution in [0, 0.1) is 0 Å². The average molecular weight is 237 g/mol. The Bertz CT molecular complexity index is 475. The van der Waals surface area contributed by atoms with Crippen LogP contribution in [0.15, 0.2) is 73.3 Å². The van der Waals surface area contributed by atoms with Crippen molar-refractivity contribution in [3.05, 3.63) is 84.4 Å². The third kappa shape index (κ3) is 3.08. The third-order valence-corrected chi connectivity index (χ3v) is 3.12. The van der Waals surface area contributed by atoms with E-state index in [2.05, 4.69) is 67.4 Å². The van der Waals surface area contributed by atoms with E-state index in [9.17, 15) is 0 Å². The maximum atomic E-state index is 3.92. The molecule has 2 aromatic carbocycles. The zero-order valence-electron chi connectivity index (χ0n) is 10.7. The first-order chi connectivity index (χ1) is 8.81. The van der Waals surface area contributed by atoms with Crippen molar-refractivity contribution in [1.29, 1.82) is 0 Å². The van der Waals surface area contributed by atoms with Gasteiger partial charge in [0.2, 0.25) is 0 Å². The van der Waals surface area contributed by atoms with Crippen LogP contribution in [0.3, 0.4) is 0 Å². The van der Waals surface area contributed by atoms with Crippen molar-refractivity contribution in [3.8, 4) is 0 Å². The fraction of sp³-hybridized carbons (Fsp3) is 0.176. The number of rotatable bonds is 5. The van der Waals surface area contributed by atoms with Gasteiger partial charge in [0.05, 0.1) is 6.04 Å². The minimum Gasteiger partial charge on any atom is -0.300 e. The zero-order valence-corrected chi connectivity index (χ0v) is 10.7. The van der Waals surface area contributed by atoms with Crippen LogP contribution < -0.4 is 5.32 Å². The maximum Gasteiger partial charge on any atom is 0.0508 e.